The van der Waals surface area contributed by atoms with Gasteiger partial charge in [0, 0.05) is 24.5 Å². The molecule has 1 unspecified atom stereocenters. The highest BCUT2D eigenvalue weighted by molar-refractivity contribution is 5.94. The van der Waals surface area contributed by atoms with E-state index in [1.54, 1.807) is 18.2 Å². The summed E-state index contributed by atoms with van der Waals surface area (Å²) in [5, 5.41) is 17.8. The molecule has 0 bridgehead atoms. The highest BCUT2D eigenvalue weighted by atomic mass is 16.4. The number of hydrogen-bond donors (Lipinski definition) is 2. The van der Waals surface area contributed by atoms with Crippen molar-refractivity contribution in [2.75, 3.05) is 23.7 Å². The van der Waals surface area contributed by atoms with Crippen LogP contribution in [0.3, 0.4) is 0 Å². The monoisotopic (exact) mass is 247 g/mol. The summed E-state index contributed by atoms with van der Waals surface area (Å²) in [5.41, 5.74) is 6.72. The van der Waals surface area contributed by atoms with E-state index in [1.165, 1.54) is 0 Å². The summed E-state index contributed by atoms with van der Waals surface area (Å²) in [7, 11) is 0. The molecular weight excluding hydrogens is 230 g/mol. The summed E-state index contributed by atoms with van der Waals surface area (Å²) in [6.07, 6.45) is 0. The molecule has 1 atom stereocenters. The molecule has 1 rings (SSSR count). The number of carboxylic acid groups (broad SMARTS) is 1. The van der Waals surface area contributed by atoms with E-state index in [9.17, 15) is 4.79 Å². The third-order valence-corrected chi connectivity index (χ3v) is 2.73. The smallest absolute Gasteiger partial charge is 0.337 e. The molecule has 1 aromatic rings. The standard InChI is InChI=1S/C13H17N3O2/c1-3-16(8-9(2)7-14)10-4-5-12(15)11(6-10)13(17)18/h4-6,9H,3,8,15H2,1-2H3,(H,17,18). The molecule has 96 valence electrons. The highest BCUT2D eigenvalue weighted by Crippen LogP contribution is 2.22. The lowest BCUT2D eigenvalue weighted by Gasteiger charge is -2.24. The van der Waals surface area contributed by atoms with Crippen LogP contribution in [0.5, 0.6) is 0 Å². The van der Waals surface area contributed by atoms with Gasteiger partial charge in [-0.2, -0.15) is 5.26 Å². The zero-order valence-electron chi connectivity index (χ0n) is 10.6. The fraction of sp³-hybridized carbons (Fsp3) is 0.385. The minimum Gasteiger partial charge on any atom is -0.478 e. The van der Waals surface area contributed by atoms with Crippen LogP contribution in [-0.2, 0) is 0 Å². The summed E-state index contributed by atoms with van der Waals surface area (Å²) in [5.74, 6) is -1.16. The normalized spacial score (nSPS) is 11.6. The number of nitrogen functional groups attached to an aromatic ring is 1. The number of nitrogens with two attached hydrogens (primary N) is 1. The fourth-order valence-corrected chi connectivity index (χ4v) is 1.71. The highest BCUT2D eigenvalue weighted by Gasteiger charge is 2.13. The van der Waals surface area contributed by atoms with Crippen molar-refractivity contribution in [3.8, 4) is 6.07 Å². The molecule has 0 radical (unpaired) electrons. The largest absolute Gasteiger partial charge is 0.478 e. The molecule has 0 aliphatic carbocycles. The lowest BCUT2D eigenvalue weighted by Crippen LogP contribution is -2.28. The van der Waals surface area contributed by atoms with Crippen molar-refractivity contribution in [2.45, 2.75) is 13.8 Å². The molecule has 0 aromatic heterocycles. The second-order valence-electron chi connectivity index (χ2n) is 4.15. The van der Waals surface area contributed by atoms with Crippen LogP contribution in [0.4, 0.5) is 11.4 Å². The van der Waals surface area contributed by atoms with E-state index < -0.39 is 5.97 Å². The molecule has 5 nitrogen and oxygen atoms in total. The Morgan fingerprint density at radius 2 is 2.28 bits per heavy atom. The minimum absolute atomic E-state index is 0.0931. The van der Waals surface area contributed by atoms with Gasteiger partial charge in [0.2, 0.25) is 0 Å². The van der Waals surface area contributed by atoms with Gasteiger partial charge in [0.05, 0.1) is 17.6 Å². The van der Waals surface area contributed by atoms with Gasteiger partial charge < -0.3 is 15.7 Å². The fourth-order valence-electron chi connectivity index (χ4n) is 1.71. The second kappa shape index (κ2) is 5.92. The Bertz CT molecular complexity index is 480. The van der Waals surface area contributed by atoms with Crippen molar-refractivity contribution >= 4 is 17.3 Å². The van der Waals surface area contributed by atoms with Crippen molar-refractivity contribution in [1.29, 1.82) is 5.26 Å². The van der Waals surface area contributed by atoms with Crippen LogP contribution in [-0.4, -0.2) is 24.2 Å². The van der Waals surface area contributed by atoms with Gasteiger partial charge in [0.1, 0.15) is 0 Å². The quantitative estimate of drug-likeness (QED) is 0.776. The lowest BCUT2D eigenvalue weighted by atomic mass is 10.1. The number of anilines is 2. The topological polar surface area (TPSA) is 90.4 Å². The molecule has 0 aliphatic rings. The minimum atomic E-state index is -1.04. The van der Waals surface area contributed by atoms with Crippen LogP contribution < -0.4 is 10.6 Å². The lowest BCUT2D eigenvalue weighted by molar-refractivity contribution is 0.0698. The maximum Gasteiger partial charge on any atom is 0.337 e. The van der Waals surface area contributed by atoms with Crippen LogP contribution in [0.25, 0.3) is 0 Å². The van der Waals surface area contributed by atoms with Crippen LogP contribution >= 0.6 is 0 Å². The number of rotatable bonds is 5. The van der Waals surface area contributed by atoms with Crippen molar-refractivity contribution in [2.24, 2.45) is 5.92 Å². The zero-order valence-corrected chi connectivity index (χ0v) is 10.6. The summed E-state index contributed by atoms with van der Waals surface area (Å²) >= 11 is 0. The first-order chi connectivity index (χ1) is 8.49. The Labute approximate surface area is 106 Å². The first-order valence-electron chi connectivity index (χ1n) is 5.77. The molecule has 0 spiro atoms. The van der Waals surface area contributed by atoms with Gasteiger partial charge >= 0.3 is 5.97 Å². The molecule has 0 heterocycles. The molecule has 0 fully saturated rings. The molecule has 0 saturated heterocycles. The molecule has 5 heteroatoms. The number of aromatic carboxylic acids is 1. The van der Waals surface area contributed by atoms with E-state index in [1.807, 2.05) is 18.7 Å². The van der Waals surface area contributed by atoms with Gasteiger partial charge in [-0.15, -0.1) is 0 Å². The maximum absolute atomic E-state index is 11.0. The Morgan fingerprint density at radius 3 is 2.78 bits per heavy atom. The predicted molar refractivity (Wildman–Crippen MR) is 70.5 cm³/mol. The third kappa shape index (κ3) is 3.14. The Morgan fingerprint density at radius 1 is 1.61 bits per heavy atom. The van der Waals surface area contributed by atoms with Gasteiger partial charge in [0.15, 0.2) is 0 Å². The summed E-state index contributed by atoms with van der Waals surface area (Å²) < 4.78 is 0. The van der Waals surface area contributed by atoms with Crippen LogP contribution in [0.1, 0.15) is 24.2 Å². The number of carboxylic acids is 1. The van der Waals surface area contributed by atoms with E-state index >= 15 is 0 Å². The van der Waals surface area contributed by atoms with E-state index in [0.717, 1.165) is 5.69 Å². The SMILES string of the molecule is CCN(CC(C)C#N)c1ccc(N)c(C(=O)O)c1. The number of carbonyl (C=O) groups is 1. The molecule has 18 heavy (non-hydrogen) atoms. The van der Waals surface area contributed by atoms with Crippen molar-refractivity contribution in [3.05, 3.63) is 23.8 Å². The van der Waals surface area contributed by atoms with E-state index in [-0.39, 0.29) is 17.2 Å². The molecule has 0 aliphatic heterocycles. The van der Waals surface area contributed by atoms with Crippen LogP contribution in [0, 0.1) is 17.2 Å². The second-order valence-corrected chi connectivity index (χ2v) is 4.15. The van der Waals surface area contributed by atoms with Crippen molar-refractivity contribution in [3.63, 3.8) is 0 Å². The Kier molecular flexibility index (Phi) is 4.55. The molecule has 3 N–H and O–H groups in total. The zero-order chi connectivity index (χ0) is 13.7. The van der Waals surface area contributed by atoms with Crippen LogP contribution in [0.2, 0.25) is 0 Å². The molecule has 1 aromatic carbocycles. The summed E-state index contributed by atoms with van der Waals surface area (Å²) in [4.78, 5) is 13.0. The first kappa shape index (κ1) is 13.8. The number of nitriles is 1. The van der Waals surface area contributed by atoms with Gasteiger partial charge in [-0.05, 0) is 32.0 Å². The van der Waals surface area contributed by atoms with Crippen molar-refractivity contribution < 1.29 is 9.90 Å². The first-order valence-corrected chi connectivity index (χ1v) is 5.77. The third-order valence-electron chi connectivity index (χ3n) is 2.73. The summed E-state index contributed by atoms with van der Waals surface area (Å²) in [6, 6.07) is 7.07. The average Bonchev–Trinajstić information content (AvgIpc) is 2.36. The van der Waals surface area contributed by atoms with E-state index in [4.69, 9.17) is 16.1 Å². The summed E-state index contributed by atoms with van der Waals surface area (Å²) in [6.45, 7) is 5.06. The van der Waals surface area contributed by atoms with Crippen LogP contribution in [0.15, 0.2) is 18.2 Å². The van der Waals surface area contributed by atoms with Gasteiger partial charge in [-0.25, -0.2) is 4.79 Å². The average molecular weight is 247 g/mol. The number of hydrogen-bond acceptors (Lipinski definition) is 4. The Balaban J connectivity index is 3.04. The molecule has 0 saturated carbocycles. The predicted octanol–water partition coefficient (Wildman–Crippen LogP) is 1.95. The van der Waals surface area contributed by atoms with E-state index in [2.05, 4.69) is 6.07 Å². The van der Waals surface area contributed by atoms with Crippen molar-refractivity contribution in [1.82, 2.24) is 0 Å². The van der Waals surface area contributed by atoms with E-state index in [0.29, 0.717) is 13.1 Å². The van der Waals surface area contributed by atoms with Gasteiger partial charge in [-0.1, -0.05) is 0 Å². The molecule has 0 amide bonds. The number of benzene rings is 1. The van der Waals surface area contributed by atoms with Gasteiger partial charge in [-0.3, -0.25) is 0 Å². The maximum atomic E-state index is 11.0. The number of nitrogens with zero attached hydrogens (tertiary/aromatic N) is 2. The van der Waals surface area contributed by atoms with Gasteiger partial charge in [0.25, 0.3) is 0 Å². The Hall–Kier alpha value is -2.22. The molecular formula is C13H17N3O2.